The molecule has 0 bridgehead atoms. The molecule has 0 atom stereocenters. The van der Waals surface area contributed by atoms with Crippen molar-refractivity contribution >= 4 is 5.96 Å². The van der Waals surface area contributed by atoms with E-state index in [-0.39, 0.29) is 0 Å². The maximum absolute atomic E-state index is 5.32. The van der Waals surface area contributed by atoms with Gasteiger partial charge in [-0.25, -0.2) is 4.68 Å². The molecule has 7 nitrogen and oxygen atoms in total. The third kappa shape index (κ3) is 6.11. The van der Waals surface area contributed by atoms with Crippen LogP contribution in [0.3, 0.4) is 0 Å². The molecule has 0 radical (unpaired) electrons. The fraction of sp³-hybridized carbons (Fsp3) is 0.444. The van der Waals surface area contributed by atoms with Gasteiger partial charge in [-0.15, -0.1) is 0 Å². The molecular weight excluding hydrogens is 318 g/mol. The van der Waals surface area contributed by atoms with Gasteiger partial charge in [0.1, 0.15) is 5.75 Å². The first-order valence-corrected chi connectivity index (χ1v) is 8.48. The van der Waals surface area contributed by atoms with Crippen molar-refractivity contribution in [1.29, 1.82) is 0 Å². The lowest BCUT2D eigenvalue weighted by atomic mass is 10.3. The normalized spacial score (nSPS) is 11.4. The van der Waals surface area contributed by atoms with Crippen molar-refractivity contribution in [1.82, 2.24) is 20.4 Å². The van der Waals surface area contributed by atoms with Crippen LogP contribution in [0.4, 0.5) is 0 Å². The average molecular weight is 345 g/mol. The molecule has 0 unspecified atom stereocenters. The Morgan fingerprint density at radius 3 is 2.68 bits per heavy atom. The van der Waals surface area contributed by atoms with Gasteiger partial charge < -0.3 is 20.1 Å². The molecule has 0 saturated carbocycles. The molecule has 25 heavy (non-hydrogen) atoms. The summed E-state index contributed by atoms with van der Waals surface area (Å²) in [7, 11) is 3.41. The van der Waals surface area contributed by atoms with Crippen LogP contribution in [0, 0.1) is 0 Å². The number of nitrogens with zero attached hydrogens (tertiary/aromatic N) is 3. The van der Waals surface area contributed by atoms with E-state index in [2.05, 4.69) is 20.7 Å². The number of nitrogens with one attached hydrogen (secondary N) is 2. The van der Waals surface area contributed by atoms with Crippen molar-refractivity contribution in [2.45, 2.75) is 19.9 Å². The highest BCUT2D eigenvalue weighted by molar-refractivity contribution is 5.79. The first-order chi connectivity index (χ1) is 12.3. The van der Waals surface area contributed by atoms with Gasteiger partial charge in [0.25, 0.3) is 0 Å². The molecule has 0 amide bonds. The maximum atomic E-state index is 5.32. The zero-order valence-electron chi connectivity index (χ0n) is 15.2. The average Bonchev–Trinajstić information content (AvgIpc) is 3.13. The smallest absolute Gasteiger partial charge is 0.191 e. The van der Waals surface area contributed by atoms with Gasteiger partial charge in [-0.3, -0.25) is 4.99 Å². The van der Waals surface area contributed by atoms with Crippen LogP contribution in [0.2, 0.25) is 0 Å². The molecule has 2 N–H and O–H groups in total. The molecule has 1 aromatic heterocycles. The highest BCUT2D eigenvalue weighted by Gasteiger charge is 2.03. The SMILES string of the molecule is CCOCCCNC(=NC)NCc1ccn(-c2ccc(OC)cc2)n1. The number of hydrogen-bond acceptors (Lipinski definition) is 4. The minimum absolute atomic E-state index is 0.605. The number of rotatable bonds is 9. The summed E-state index contributed by atoms with van der Waals surface area (Å²) in [5.41, 5.74) is 1.93. The van der Waals surface area contributed by atoms with Crippen LogP contribution in [0.15, 0.2) is 41.5 Å². The van der Waals surface area contributed by atoms with E-state index < -0.39 is 0 Å². The van der Waals surface area contributed by atoms with Crippen LogP contribution in [0.25, 0.3) is 5.69 Å². The van der Waals surface area contributed by atoms with E-state index in [1.165, 1.54) is 0 Å². The monoisotopic (exact) mass is 345 g/mol. The van der Waals surface area contributed by atoms with E-state index >= 15 is 0 Å². The summed E-state index contributed by atoms with van der Waals surface area (Å²) in [5, 5.41) is 11.1. The van der Waals surface area contributed by atoms with Crippen LogP contribution < -0.4 is 15.4 Å². The van der Waals surface area contributed by atoms with Crippen LogP contribution in [0.5, 0.6) is 5.75 Å². The van der Waals surface area contributed by atoms with Crippen molar-refractivity contribution in [3.8, 4) is 11.4 Å². The number of guanidine groups is 1. The molecule has 0 aliphatic carbocycles. The van der Waals surface area contributed by atoms with Gasteiger partial charge in [-0.1, -0.05) is 0 Å². The number of ether oxygens (including phenoxy) is 2. The molecular formula is C18H27N5O2. The van der Waals surface area contributed by atoms with E-state index in [9.17, 15) is 0 Å². The summed E-state index contributed by atoms with van der Waals surface area (Å²) in [4.78, 5) is 4.21. The Morgan fingerprint density at radius 2 is 2.00 bits per heavy atom. The van der Waals surface area contributed by atoms with E-state index in [1.807, 2.05) is 48.1 Å². The Bertz CT molecular complexity index is 652. The predicted molar refractivity (Wildman–Crippen MR) is 99.4 cm³/mol. The van der Waals surface area contributed by atoms with Crippen molar-refractivity contribution in [2.75, 3.05) is 33.9 Å². The van der Waals surface area contributed by atoms with Gasteiger partial charge in [-0.05, 0) is 43.7 Å². The molecule has 0 saturated heterocycles. The number of aromatic nitrogens is 2. The standard InChI is InChI=1S/C18H27N5O2/c1-4-25-13-5-11-20-18(19-2)21-14-15-10-12-23(22-15)16-6-8-17(24-3)9-7-16/h6-10,12H,4-5,11,13-14H2,1-3H3,(H2,19,20,21). The quantitative estimate of drug-likeness (QED) is 0.413. The Morgan fingerprint density at radius 1 is 1.20 bits per heavy atom. The number of hydrogen-bond donors (Lipinski definition) is 2. The fourth-order valence-electron chi connectivity index (χ4n) is 2.25. The van der Waals surface area contributed by atoms with Gasteiger partial charge in [0.05, 0.1) is 25.0 Å². The summed E-state index contributed by atoms with van der Waals surface area (Å²) in [6, 6.07) is 9.77. The Balaban J connectivity index is 1.81. The van der Waals surface area contributed by atoms with Crippen LogP contribution in [-0.4, -0.2) is 49.7 Å². The largest absolute Gasteiger partial charge is 0.497 e. The molecule has 0 aliphatic rings. The van der Waals surface area contributed by atoms with Gasteiger partial charge in [0.2, 0.25) is 0 Å². The molecule has 136 valence electrons. The summed E-state index contributed by atoms with van der Waals surface area (Å²) in [5.74, 6) is 1.59. The molecule has 2 aromatic rings. The van der Waals surface area contributed by atoms with Gasteiger partial charge in [0, 0.05) is 33.0 Å². The number of benzene rings is 1. The third-order valence-electron chi connectivity index (χ3n) is 3.60. The summed E-state index contributed by atoms with van der Waals surface area (Å²) in [6.07, 6.45) is 2.89. The lowest BCUT2D eigenvalue weighted by Gasteiger charge is -2.10. The second-order valence-electron chi connectivity index (χ2n) is 5.35. The van der Waals surface area contributed by atoms with Crippen molar-refractivity contribution < 1.29 is 9.47 Å². The minimum Gasteiger partial charge on any atom is -0.497 e. The van der Waals surface area contributed by atoms with Crippen LogP contribution in [0.1, 0.15) is 19.0 Å². The Kier molecular flexibility index (Phi) is 7.78. The predicted octanol–water partition coefficient (Wildman–Crippen LogP) is 1.97. The van der Waals surface area contributed by atoms with E-state index in [1.54, 1.807) is 14.2 Å². The van der Waals surface area contributed by atoms with Gasteiger partial charge in [-0.2, -0.15) is 5.10 Å². The molecule has 0 spiro atoms. The van der Waals surface area contributed by atoms with Crippen molar-refractivity contribution in [2.24, 2.45) is 4.99 Å². The van der Waals surface area contributed by atoms with Gasteiger partial charge >= 0.3 is 0 Å². The Hall–Kier alpha value is -2.54. The second-order valence-corrected chi connectivity index (χ2v) is 5.35. The number of aliphatic imine (C=N–C) groups is 1. The fourth-order valence-corrected chi connectivity index (χ4v) is 2.25. The van der Waals surface area contributed by atoms with Crippen LogP contribution in [-0.2, 0) is 11.3 Å². The van der Waals surface area contributed by atoms with Crippen LogP contribution >= 0.6 is 0 Å². The summed E-state index contributed by atoms with van der Waals surface area (Å²) >= 11 is 0. The highest BCUT2D eigenvalue weighted by atomic mass is 16.5. The summed E-state index contributed by atoms with van der Waals surface area (Å²) < 4.78 is 12.3. The molecule has 0 aliphatic heterocycles. The molecule has 7 heteroatoms. The topological polar surface area (TPSA) is 72.7 Å². The first kappa shape index (κ1) is 18.8. The Labute approximate surface area is 149 Å². The molecule has 0 fully saturated rings. The number of methoxy groups -OCH3 is 1. The highest BCUT2D eigenvalue weighted by Crippen LogP contribution is 2.14. The van der Waals surface area contributed by atoms with E-state index in [0.29, 0.717) is 6.54 Å². The summed E-state index contributed by atoms with van der Waals surface area (Å²) in [6.45, 7) is 4.93. The lowest BCUT2D eigenvalue weighted by molar-refractivity contribution is 0.145. The van der Waals surface area contributed by atoms with E-state index in [0.717, 1.165) is 49.3 Å². The third-order valence-corrected chi connectivity index (χ3v) is 3.60. The van der Waals surface area contributed by atoms with E-state index in [4.69, 9.17) is 9.47 Å². The van der Waals surface area contributed by atoms with Crippen molar-refractivity contribution in [3.05, 3.63) is 42.2 Å². The molecule has 1 aromatic carbocycles. The maximum Gasteiger partial charge on any atom is 0.191 e. The van der Waals surface area contributed by atoms with Crippen molar-refractivity contribution in [3.63, 3.8) is 0 Å². The lowest BCUT2D eigenvalue weighted by Crippen LogP contribution is -2.37. The molecule has 2 rings (SSSR count). The first-order valence-electron chi connectivity index (χ1n) is 8.48. The minimum atomic E-state index is 0.605. The van der Waals surface area contributed by atoms with Gasteiger partial charge in [0.15, 0.2) is 5.96 Å². The molecule has 1 heterocycles. The zero-order chi connectivity index (χ0) is 17.9. The zero-order valence-corrected chi connectivity index (χ0v) is 15.2. The second kappa shape index (κ2) is 10.4.